The summed E-state index contributed by atoms with van der Waals surface area (Å²) in [5, 5.41) is 3.14. The van der Waals surface area contributed by atoms with Crippen LogP contribution in [0.4, 0.5) is 5.69 Å². The molecule has 0 spiro atoms. The molecule has 1 aromatic carbocycles. The van der Waals surface area contributed by atoms with E-state index >= 15 is 0 Å². The molecule has 0 aromatic heterocycles. The molecule has 152 valence electrons. The second-order valence-corrected chi connectivity index (χ2v) is 7.78. The number of rotatable bonds is 10. The molecule has 1 aromatic rings. The van der Waals surface area contributed by atoms with Gasteiger partial charge >= 0.3 is 0 Å². The van der Waals surface area contributed by atoms with Crippen LogP contribution in [0.1, 0.15) is 0 Å². The highest BCUT2D eigenvalue weighted by Crippen LogP contribution is 2.33. The van der Waals surface area contributed by atoms with E-state index < -0.39 is 10.1 Å². The number of para-hydroxylation sites is 1. The predicted octanol–water partition coefficient (Wildman–Crippen LogP) is 2.08. The minimum absolute atomic E-state index is 0.118. The minimum Gasteiger partial charge on any atom is -0.382 e. The lowest BCUT2D eigenvalue weighted by atomic mass is 10.3. The van der Waals surface area contributed by atoms with Crippen LogP contribution in [0, 0.1) is 0 Å². The van der Waals surface area contributed by atoms with Crippen molar-refractivity contribution in [3.05, 3.63) is 28.2 Å². The highest BCUT2D eigenvalue weighted by molar-refractivity contribution is 7.85. The summed E-state index contributed by atoms with van der Waals surface area (Å²) < 4.78 is 38.2. The third-order valence-corrected chi connectivity index (χ3v) is 4.29. The van der Waals surface area contributed by atoms with Gasteiger partial charge in [-0.3, -0.25) is 4.84 Å². The number of nitrogens with zero attached hydrogens (tertiary/aromatic N) is 3. The number of guanidine groups is 1. The Kier molecular flexibility index (Phi) is 8.55. The molecule has 12 heteroatoms. The summed E-state index contributed by atoms with van der Waals surface area (Å²) in [5.41, 5.74) is 0.282. The van der Waals surface area contributed by atoms with E-state index in [4.69, 9.17) is 41.8 Å². The first-order valence-corrected chi connectivity index (χ1v) is 10.6. The lowest BCUT2D eigenvalue weighted by molar-refractivity contribution is -0.112. The van der Waals surface area contributed by atoms with Gasteiger partial charge in [0.15, 0.2) is 0 Å². The molecule has 1 fully saturated rings. The van der Waals surface area contributed by atoms with Crippen LogP contribution in [0.25, 0.3) is 0 Å². The molecule has 1 saturated heterocycles. The van der Waals surface area contributed by atoms with Gasteiger partial charge in [-0.2, -0.15) is 13.5 Å². The van der Waals surface area contributed by atoms with E-state index in [9.17, 15) is 8.42 Å². The van der Waals surface area contributed by atoms with Crippen molar-refractivity contribution in [2.24, 2.45) is 4.99 Å². The first kappa shape index (κ1) is 22.2. The van der Waals surface area contributed by atoms with Crippen LogP contribution in [-0.2, 0) is 28.7 Å². The van der Waals surface area contributed by atoms with E-state index in [1.165, 1.54) is 5.06 Å². The SMILES string of the molecule is COCCOCCON1CCN(OS(C)(=O)=O)C1=Nc1c(Cl)cccc1Cl. The summed E-state index contributed by atoms with van der Waals surface area (Å²) in [6.45, 7) is 2.03. The van der Waals surface area contributed by atoms with Gasteiger partial charge in [0.25, 0.3) is 16.1 Å². The molecular formula is C15H21Cl2N3O6S. The molecular weight excluding hydrogens is 421 g/mol. The van der Waals surface area contributed by atoms with Crippen molar-refractivity contribution < 1.29 is 27.0 Å². The van der Waals surface area contributed by atoms with Crippen molar-refractivity contribution in [2.75, 3.05) is 52.9 Å². The molecule has 0 saturated carbocycles. The van der Waals surface area contributed by atoms with Crippen LogP contribution in [0.2, 0.25) is 10.0 Å². The summed E-state index contributed by atoms with van der Waals surface area (Å²) in [6, 6.07) is 4.93. The van der Waals surface area contributed by atoms with Gasteiger partial charge in [0.05, 0.1) is 55.8 Å². The lowest BCUT2D eigenvalue weighted by Gasteiger charge is -2.21. The quantitative estimate of drug-likeness (QED) is 0.509. The fourth-order valence-corrected chi connectivity index (χ4v) is 3.07. The van der Waals surface area contributed by atoms with E-state index in [0.29, 0.717) is 36.4 Å². The van der Waals surface area contributed by atoms with Crippen LogP contribution in [0.15, 0.2) is 23.2 Å². The number of halogens is 2. The summed E-state index contributed by atoms with van der Waals surface area (Å²) in [6.07, 6.45) is 0.945. The zero-order chi connectivity index (χ0) is 19.9. The van der Waals surface area contributed by atoms with Crippen LogP contribution in [0.3, 0.4) is 0 Å². The van der Waals surface area contributed by atoms with Gasteiger partial charge in [0.2, 0.25) is 0 Å². The molecule has 0 N–H and O–H groups in total. The van der Waals surface area contributed by atoms with E-state index in [2.05, 4.69) is 4.99 Å². The van der Waals surface area contributed by atoms with E-state index in [1.807, 2.05) is 0 Å². The minimum atomic E-state index is -3.75. The first-order chi connectivity index (χ1) is 12.8. The van der Waals surface area contributed by atoms with Crippen LogP contribution >= 0.6 is 23.2 Å². The largest absolute Gasteiger partial charge is 0.382 e. The second kappa shape index (κ2) is 10.4. The number of hydrogen-bond acceptors (Lipinski definition) is 7. The third-order valence-electron chi connectivity index (χ3n) is 3.23. The van der Waals surface area contributed by atoms with E-state index in [-0.39, 0.29) is 24.8 Å². The van der Waals surface area contributed by atoms with E-state index in [0.717, 1.165) is 11.3 Å². The third kappa shape index (κ3) is 7.07. The van der Waals surface area contributed by atoms with E-state index in [1.54, 1.807) is 25.3 Å². The van der Waals surface area contributed by atoms with Crippen molar-refractivity contribution in [2.45, 2.75) is 0 Å². The van der Waals surface area contributed by atoms with Crippen LogP contribution in [-0.4, -0.2) is 77.4 Å². The maximum atomic E-state index is 11.5. The van der Waals surface area contributed by atoms with Crippen molar-refractivity contribution in [3.8, 4) is 0 Å². The lowest BCUT2D eigenvalue weighted by Crippen LogP contribution is -2.35. The molecule has 2 rings (SSSR count). The average molecular weight is 442 g/mol. The predicted molar refractivity (Wildman–Crippen MR) is 102 cm³/mol. The molecule has 1 aliphatic heterocycles. The Hall–Kier alpha value is -1.14. The molecule has 0 aliphatic carbocycles. The molecule has 0 unspecified atom stereocenters. The van der Waals surface area contributed by atoms with Gasteiger partial charge in [-0.1, -0.05) is 29.3 Å². The number of methoxy groups -OCH3 is 1. The normalized spacial score (nSPS) is 16.5. The molecule has 0 bridgehead atoms. The summed E-state index contributed by atoms with van der Waals surface area (Å²) >= 11 is 12.3. The zero-order valence-corrected chi connectivity index (χ0v) is 17.3. The Labute approximate surface area is 168 Å². The highest BCUT2D eigenvalue weighted by atomic mass is 35.5. The molecule has 0 amide bonds. The summed E-state index contributed by atoms with van der Waals surface area (Å²) in [5.74, 6) is 0.118. The Morgan fingerprint density at radius 3 is 2.33 bits per heavy atom. The Morgan fingerprint density at radius 1 is 1.07 bits per heavy atom. The Morgan fingerprint density at radius 2 is 1.70 bits per heavy atom. The maximum Gasteiger partial charge on any atom is 0.285 e. The molecule has 27 heavy (non-hydrogen) atoms. The smallest absolute Gasteiger partial charge is 0.285 e. The van der Waals surface area contributed by atoms with Gasteiger partial charge in [-0.05, 0) is 12.1 Å². The highest BCUT2D eigenvalue weighted by Gasteiger charge is 2.32. The number of hydroxylamine groups is 4. The number of benzene rings is 1. The number of aliphatic imine (C=N–C) groups is 1. The van der Waals surface area contributed by atoms with Gasteiger partial charge < -0.3 is 9.47 Å². The van der Waals surface area contributed by atoms with Crippen molar-refractivity contribution in [3.63, 3.8) is 0 Å². The fourth-order valence-electron chi connectivity index (χ4n) is 2.12. The van der Waals surface area contributed by atoms with Crippen molar-refractivity contribution >= 4 is 45.0 Å². The fraction of sp³-hybridized carbons (Fsp3) is 0.533. The summed E-state index contributed by atoms with van der Waals surface area (Å²) in [7, 11) is -2.17. The topological polar surface area (TPSA) is 89.9 Å². The molecule has 1 heterocycles. The van der Waals surface area contributed by atoms with Crippen LogP contribution in [0.5, 0.6) is 0 Å². The molecule has 1 aliphatic rings. The van der Waals surface area contributed by atoms with Gasteiger partial charge in [-0.15, -0.1) is 4.28 Å². The maximum absolute atomic E-state index is 11.5. The summed E-state index contributed by atoms with van der Waals surface area (Å²) in [4.78, 5) is 9.99. The Balaban J connectivity index is 2.14. The number of ether oxygens (including phenoxy) is 2. The molecule has 9 nitrogen and oxygen atoms in total. The Bertz CT molecular complexity index is 742. The molecule has 0 radical (unpaired) electrons. The van der Waals surface area contributed by atoms with Crippen molar-refractivity contribution in [1.29, 1.82) is 0 Å². The second-order valence-electron chi connectivity index (χ2n) is 5.40. The number of hydrogen-bond donors (Lipinski definition) is 0. The first-order valence-electron chi connectivity index (χ1n) is 7.99. The average Bonchev–Trinajstić information content (AvgIpc) is 2.94. The van der Waals surface area contributed by atoms with Gasteiger partial charge in [0, 0.05) is 7.11 Å². The van der Waals surface area contributed by atoms with Crippen LogP contribution < -0.4 is 0 Å². The van der Waals surface area contributed by atoms with Crippen molar-refractivity contribution in [1.82, 2.24) is 10.1 Å². The molecule has 0 atom stereocenters. The zero-order valence-electron chi connectivity index (χ0n) is 14.9. The monoisotopic (exact) mass is 441 g/mol. The standard InChI is InChI=1S/C15H21Cl2N3O6S/c1-23-8-9-24-10-11-25-19-6-7-20(26-27(2,21)22)15(19)18-14-12(16)4-3-5-13(14)17/h3-5H,6-11H2,1-2H3. The van der Waals surface area contributed by atoms with Gasteiger partial charge in [-0.25, -0.2) is 10.1 Å². The van der Waals surface area contributed by atoms with Gasteiger partial charge in [0.1, 0.15) is 5.69 Å².